The van der Waals surface area contributed by atoms with Crippen molar-refractivity contribution in [3.05, 3.63) is 47.8 Å². The van der Waals surface area contributed by atoms with E-state index in [1.54, 1.807) is 0 Å². The lowest BCUT2D eigenvalue weighted by Gasteiger charge is -2.20. The standard InChI is InChI=1S/C15H20N4S/c1-4-19-9-8-14(17-19)11-18(3)15(20)16-13-7-5-6-12(2)10-13/h5-10H,4,11H2,1-3H3,(H,16,20). The molecule has 0 spiro atoms. The number of benzene rings is 1. The van der Waals surface area contributed by atoms with Gasteiger partial charge < -0.3 is 10.2 Å². The average molecular weight is 288 g/mol. The molecule has 1 aromatic carbocycles. The molecule has 0 amide bonds. The van der Waals surface area contributed by atoms with Crippen molar-refractivity contribution in [2.75, 3.05) is 12.4 Å². The molecule has 5 heteroatoms. The molecule has 1 heterocycles. The summed E-state index contributed by atoms with van der Waals surface area (Å²) in [5.74, 6) is 0. The van der Waals surface area contributed by atoms with Gasteiger partial charge in [-0.3, -0.25) is 4.68 Å². The van der Waals surface area contributed by atoms with Gasteiger partial charge in [0.05, 0.1) is 12.2 Å². The molecule has 0 saturated heterocycles. The summed E-state index contributed by atoms with van der Waals surface area (Å²) in [6, 6.07) is 10.2. The van der Waals surface area contributed by atoms with Gasteiger partial charge in [0.2, 0.25) is 0 Å². The van der Waals surface area contributed by atoms with E-state index in [0.717, 1.165) is 17.9 Å². The Bertz CT molecular complexity index is 591. The van der Waals surface area contributed by atoms with Crippen molar-refractivity contribution < 1.29 is 0 Å². The Morgan fingerprint density at radius 1 is 1.40 bits per heavy atom. The van der Waals surface area contributed by atoms with E-state index in [4.69, 9.17) is 12.2 Å². The van der Waals surface area contributed by atoms with Gasteiger partial charge in [-0.1, -0.05) is 12.1 Å². The van der Waals surface area contributed by atoms with E-state index in [-0.39, 0.29) is 0 Å². The van der Waals surface area contributed by atoms with Crippen molar-refractivity contribution in [2.24, 2.45) is 0 Å². The Morgan fingerprint density at radius 2 is 2.20 bits per heavy atom. The third kappa shape index (κ3) is 3.81. The van der Waals surface area contributed by atoms with Crippen LogP contribution in [0.5, 0.6) is 0 Å². The zero-order valence-corrected chi connectivity index (χ0v) is 12.9. The number of hydrogen-bond acceptors (Lipinski definition) is 2. The fraction of sp³-hybridized carbons (Fsp3) is 0.333. The topological polar surface area (TPSA) is 33.1 Å². The van der Waals surface area contributed by atoms with Crippen LogP contribution in [0, 0.1) is 6.92 Å². The predicted molar refractivity (Wildman–Crippen MR) is 86.8 cm³/mol. The van der Waals surface area contributed by atoms with Crippen LogP contribution in [0.1, 0.15) is 18.2 Å². The molecule has 0 bridgehead atoms. The normalized spacial score (nSPS) is 10.3. The van der Waals surface area contributed by atoms with E-state index in [9.17, 15) is 0 Å². The van der Waals surface area contributed by atoms with Crippen LogP contribution in [0.2, 0.25) is 0 Å². The molecule has 0 aliphatic carbocycles. The van der Waals surface area contributed by atoms with E-state index in [2.05, 4.69) is 36.4 Å². The summed E-state index contributed by atoms with van der Waals surface area (Å²) in [7, 11) is 1.97. The highest BCUT2D eigenvalue weighted by atomic mass is 32.1. The van der Waals surface area contributed by atoms with Crippen molar-refractivity contribution in [3.63, 3.8) is 0 Å². The van der Waals surface area contributed by atoms with Crippen molar-refractivity contribution in [1.29, 1.82) is 0 Å². The monoisotopic (exact) mass is 288 g/mol. The molecular weight excluding hydrogens is 268 g/mol. The molecule has 0 radical (unpaired) electrons. The van der Waals surface area contributed by atoms with Gasteiger partial charge >= 0.3 is 0 Å². The Morgan fingerprint density at radius 3 is 2.85 bits per heavy atom. The van der Waals surface area contributed by atoms with Gasteiger partial charge in [0.1, 0.15) is 0 Å². The molecule has 0 unspecified atom stereocenters. The molecule has 0 aliphatic heterocycles. The minimum Gasteiger partial charge on any atom is -0.346 e. The first-order valence-electron chi connectivity index (χ1n) is 6.69. The Hall–Kier alpha value is -1.88. The molecule has 1 aromatic heterocycles. The van der Waals surface area contributed by atoms with Gasteiger partial charge in [-0.2, -0.15) is 5.10 Å². The van der Waals surface area contributed by atoms with Crippen LogP contribution in [0.25, 0.3) is 0 Å². The van der Waals surface area contributed by atoms with Crippen LogP contribution in [0.15, 0.2) is 36.5 Å². The molecule has 4 nitrogen and oxygen atoms in total. The van der Waals surface area contributed by atoms with Crippen LogP contribution in [-0.2, 0) is 13.1 Å². The molecule has 0 saturated carbocycles. The molecule has 1 N–H and O–H groups in total. The largest absolute Gasteiger partial charge is 0.346 e. The van der Waals surface area contributed by atoms with Crippen LogP contribution in [0.4, 0.5) is 5.69 Å². The highest BCUT2D eigenvalue weighted by Gasteiger charge is 2.07. The fourth-order valence-electron chi connectivity index (χ4n) is 1.92. The Labute approximate surface area is 125 Å². The third-order valence-corrected chi connectivity index (χ3v) is 3.45. The Balaban J connectivity index is 1.95. The van der Waals surface area contributed by atoms with E-state index in [1.165, 1.54) is 5.56 Å². The van der Waals surface area contributed by atoms with Crippen molar-refractivity contribution >= 4 is 23.0 Å². The second-order valence-corrected chi connectivity index (χ2v) is 5.21. The number of aryl methyl sites for hydroxylation is 2. The van der Waals surface area contributed by atoms with Gasteiger partial charge in [-0.15, -0.1) is 0 Å². The lowest BCUT2D eigenvalue weighted by atomic mass is 10.2. The van der Waals surface area contributed by atoms with Gasteiger partial charge in [-0.25, -0.2) is 0 Å². The van der Waals surface area contributed by atoms with Gasteiger partial charge in [0, 0.05) is 25.5 Å². The Kier molecular flexibility index (Phi) is 4.74. The van der Waals surface area contributed by atoms with Crippen LogP contribution >= 0.6 is 12.2 Å². The zero-order chi connectivity index (χ0) is 14.5. The second-order valence-electron chi connectivity index (χ2n) is 4.82. The number of nitrogens with zero attached hydrogens (tertiary/aromatic N) is 3. The van der Waals surface area contributed by atoms with Crippen LogP contribution < -0.4 is 5.32 Å². The molecule has 2 aromatic rings. The van der Waals surface area contributed by atoms with E-state index >= 15 is 0 Å². The summed E-state index contributed by atoms with van der Waals surface area (Å²) in [6.45, 7) is 5.72. The number of anilines is 1. The van der Waals surface area contributed by atoms with Gasteiger partial charge in [0.15, 0.2) is 5.11 Å². The van der Waals surface area contributed by atoms with Crippen LogP contribution in [0.3, 0.4) is 0 Å². The number of aromatic nitrogens is 2. The molecule has 0 fully saturated rings. The SMILES string of the molecule is CCn1ccc(CN(C)C(=S)Nc2cccc(C)c2)n1. The number of thiocarbonyl (C=S) groups is 1. The van der Waals surface area contributed by atoms with E-state index in [1.807, 2.05) is 41.0 Å². The summed E-state index contributed by atoms with van der Waals surface area (Å²) >= 11 is 5.42. The zero-order valence-electron chi connectivity index (χ0n) is 12.1. The maximum absolute atomic E-state index is 5.42. The second kappa shape index (κ2) is 6.52. The highest BCUT2D eigenvalue weighted by molar-refractivity contribution is 7.80. The average Bonchev–Trinajstić information content (AvgIpc) is 2.86. The molecule has 0 atom stereocenters. The minimum absolute atomic E-state index is 0.696. The quantitative estimate of drug-likeness (QED) is 0.877. The number of rotatable bonds is 4. The molecule has 20 heavy (non-hydrogen) atoms. The smallest absolute Gasteiger partial charge is 0.173 e. The maximum atomic E-state index is 5.42. The fourth-order valence-corrected chi connectivity index (χ4v) is 2.10. The predicted octanol–water partition coefficient (Wildman–Crippen LogP) is 3.04. The van der Waals surface area contributed by atoms with Crippen molar-refractivity contribution in [3.8, 4) is 0 Å². The first-order valence-corrected chi connectivity index (χ1v) is 7.10. The van der Waals surface area contributed by atoms with Gasteiger partial charge in [-0.05, 0) is 49.8 Å². The summed E-state index contributed by atoms with van der Waals surface area (Å²) in [6.07, 6.45) is 1.99. The van der Waals surface area contributed by atoms with E-state index in [0.29, 0.717) is 11.7 Å². The first-order chi connectivity index (χ1) is 9.58. The third-order valence-electron chi connectivity index (χ3n) is 3.04. The number of hydrogen-bond donors (Lipinski definition) is 1. The first kappa shape index (κ1) is 14.5. The van der Waals surface area contributed by atoms with Crippen molar-refractivity contribution in [1.82, 2.24) is 14.7 Å². The summed E-state index contributed by atoms with van der Waals surface area (Å²) < 4.78 is 1.92. The van der Waals surface area contributed by atoms with Gasteiger partial charge in [0.25, 0.3) is 0 Å². The summed E-state index contributed by atoms with van der Waals surface area (Å²) in [4.78, 5) is 1.99. The molecule has 0 aliphatic rings. The lowest BCUT2D eigenvalue weighted by molar-refractivity contribution is 0.492. The molecule has 106 valence electrons. The van der Waals surface area contributed by atoms with E-state index < -0.39 is 0 Å². The summed E-state index contributed by atoms with van der Waals surface area (Å²) in [5, 5.41) is 8.40. The van der Waals surface area contributed by atoms with Crippen LogP contribution in [-0.4, -0.2) is 26.8 Å². The number of nitrogens with one attached hydrogen (secondary N) is 1. The minimum atomic E-state index is 0.696. The molecular formula is C15H20N4S. The summed E-state index contributed by atoms with van der Waals surface area (Å²) in [5.41, 5.74) is 3.24. The molecule has 2 rings (SSSR count). The maximum Gasteiger partial charge on any atom is 0.173 e. The lowest BCUT2D eigenvalue weighted by Crippen LogP contribution is -2.30. The van der Waals surface area contributed by atoms with Crippen molar-refractivity contribution in [2.45, 2.75) is 26.9 Å². The highest BCUT2D eigenvalue weighted by Crippen LogP contribution is 2.11.